The molecule has 1 aliphatic heterocycles. The zero-order valence-electron chi connectivity index (χ0n) is 33.0. The summed E-state index contributed by atoms with van der Waals surface area (Å²) in [5.41, 5.74) is -0.757. The van der Waals surface area contributed by atoms with Crippen molar-refractivity contribution in [1.82, 2.24) is 15.5 Å². The van der Waals surface area contributed by atoms with Gasteiger partial charge in [-0.25, -0.2) is 13.2 Å². The van der Waals surface area contributed by atoms with Gasteiger partial charge >= 0.3 is 6.03 Å². The SMILES string of the molecule is C=CCCC(=O)C(=O)C(CCCC)CC(=O)[C@@H]1[C@H]2CCC3(CC3)[C@H]2CN1C(=O)[C@@H](NC(=O)NC1(CS(=O)(=O)C(C)(C)C)CCCCC1)C1CCCCC1. The third-order valence-corrected chi connectivity index (χ3v) is 16.6. The van der Waals surface area contributed by atoms with E-state index in [2.05, 4.69) is 17.2 Å². The molecular formula is C42H67N3O7S. The average Bonchev–Trinajstić information content (AvgIpc) is 3.69. The smallest absolute Gasteiger partial charge is 0.315 e. The topological polar surface area (TPSA) is 147 Å². The number of ketones is 3. The molecule has 1 heterocycles. The van der Waals surface area contributed by atoms with Gasteiger partial charge in [0.05, 0.1) is 22.1 Å². The Balaban J connectivity index is 1.41. The average molecular weight is 758 g/mol. The summed E-state index contributed by atoms with van der Waals surface area (Å²) in [5.74, 6) is -2.10. The summed E-state index contributed by atoms with van der Waals surface area (Å²) >= 11 is 0. The largest absolute Gasteiger partial charge is 0.332 e. The third kappa shape index (κ3) is 9.46. The molecule has 298 valence electrons. The molecule has 5 fully saturated rings. The number of nitrogens with zero attached hydrogens (tertiary/aromatic N) is 1. The predicted molar refractivity (Wildman–Crippen MR) is 207 cm³/mol. The molecule has 53 heavy (non-hydrogen) atoms. The van der Waals surface area contributed by atoms with Crippen molar-refractivity contribution in [2.75, 3.05) is 12.3 Å². The quantitative estimate of drug-likeness (QED) is 0.120. The van der Waals surface area contributed by atoms with Crippen LogP contribution in [0.2, 0.25) is 0 Å². The van der Waals surface area contributed by atoms with E-state index in [0.29, 0.717) is 32.2 Å². The number of sulfone groups is 1. The lowest BCUT2D eigenvalue weighted by atomic mass is 9.81. The molecule has 2 N–H and O–H groups in total. The Morgan fingerprint density at radius 3 is 2.19 bits per heavy atom. The Kier molecular flexibility index (Phi) is 13.4. The molecule has 5 aliphatic rings. The zero-order chi connectivity index (χ0) is 38.6. The lowest BCUT2D eigenvalue weighted by Gasteiger charge is -2.41. The first-order chi connectivity index (χ1) is 25.1. The molecule has 3 amide bonds. The van der Waals surface area contributed by atoms with E-state index in [9.17, 15) is 27.6 Å². The van der Waals surface area contributed by atoms with Crippen LogP contribution >= 0.6 is 0 Å². The number of likely N-dealkylation sites (tertiary alicyclic amines) is 1. The van der Waals surface area contributed by atoms with Gasteiger partial charge in [-0.1, -0.05) is 64.4 Å². The van der Waals surface area contributed by atoms with Crippen LogP contribution in [0, 0.1) is 29.1 Å². The zero-order valence-corrected chi connectivity index (χ0v) is 33.8. The van der Waals surface area contributed by atoms with Gasteiger partial charge in [0.25, 0.3) is 0 Å². The standard InChI is InChI=1S/C42H67N3O7S/c1-6-8-16-30(37(48)33(46)19-9-7-2)26-34(47)36-31-20-23-41(24-25-41)32(31)27-45(36)38(49)35(29-17-12-10-13-18-29)43-39(50)44-42(21-14-11-15-22-42)28-53(51,52)40(3,4)5/h7,29-32,35-36H,2,6,8-28H2,1,3-5H3,(H2,43,44,50)/t30?,31-,32-,35-,36-/m0/s1. The number of Topliss-reactive ketones (excluding diaryl/α,β-unsaturated/α-hetero) is 3. The van der Waals surface area contributed by atoms with Gasteiger partial charge in [0, 0.05) is 25.3 Å². The summed E-state index contributed by atoms with van der Waals surface area (Å²) in [4.78, 5) is 71.7. The van der Waals surface area contributed by atoms with Crippen molar-refractivity contribution in [2.45, 2.75) is 178 Å². The van der Waals surface area contributed by atoms with Crippen LogP contribution in [-0.2, 0) is 29.0 Å². The maximum absolute atomic E-state index is 15.0. The minimum Gasteiger partial charge on any atom is -0.332 e. The van der Waals surface area contributed by atoms with Crippen molar-refractivity contribution in [3.63, 3.8) is 0 Å². The number of fused-ring (bicyclic) bond motifs is 2. The van der Waals surface area contributed by atoms with Gasteiger partial charge < -0.3 is 15.5 Å². The summed E-state index contributed by atoms with van der Waals surface area (Å²) in [6.07, 6.45) is 16.4. The molecule has 4 saturated carbocycles. The molecule has 10 nitrogen and oxygen atoms in total. The third-order valence-electron chi connectivity index (χ3n) is 13.8. The van der Waals surface area contributed by atoms with Crippen molar-refractivity contribution in [3.8, 4) is 0 Å². The fourth-order valence-corrected chi connectivity index (χ4v) is 11.8. The van der Waals surface area contributed by atoms with E-state index in [4.69, 9.17) is 0 Å². The Labute approximate surface area is 318 Å². The highest BCUT2D eigenvalue weighted by molar-refractivity contribution is 7.92. The molecule has 11 heteroatoms. The second-order valence-corrected chi connectivity index (χ2v) is 21.2. The van der Waals surface area contributed by atoms with Gasteiger partial charge in [-0.3, -0.25) is 19.2 Å². The minimum atomic E-state index is -3.55. The molecule has 0 bridgehead atoms. The number of rotatable bonds is 17. The molecule has 1 spiro atoms. The second kappa shape index (κ2) is 17.1. The molecule has 1 unspecified atom stereocenters. The summed E-state index contributed by atoms with van der Waals surface area (Å²) in [6.45, 7) is 11.2. The molecular weight excluding hydrogens is 691 g/mol. The van der Waals surface area contributed by atoms with Crippen LogP contribution in [0.4, 0.5) is 4.79 Å². The van der Waals surface area contributed by atoms with Crippen molar-refractivity contribution >= 4 is 39.1 Å². The second-order valence-electron chi connectivity index (χ2n) is 18.4. The van der Waals surface area contributed by atoms with Crippen molar-refractivity contribution < 1.29 is 32.4 Å². The number of carbonyl (C=O) groups is 5. The summed E-state index contributed by atoms with van der Waals surface area (Å²) < 4.78 is 26.0. The molecule has 5 rings (SSSR count). The highest BCUT2D eigenvalue weighted by atomic mass is 32.2. The first kappa shape index (κ1) is 41.6. The molecule has 0 radical (unpaired) electrons. The van der Waals surface area contributed by atoms with E-state index < -0.39 is 55.7 Å². The van der Waals surface area contributed by atoms with E-state index in [0.717, 1.165) is 89.9 Å². The number of carbonyl (C=O) groups excluding carboxylic acids is 5. The van der Waals surface area contributed by atoms with Crippen molar-refractivity contribution in [3.05, 3.63) is 12.7 Å². The molecule has 5 atom stereocenters. The van der Waals surface area contributed by atoms with Gasteiger partial charge in [-0.15, -0.1) is 6.58 Å². The van der Waals surface area contributed by atoms with Crippen LogP contribution in [-0.4, -0.2) is 77.3 Å². The van der Waals surface area contributed by atoms with E-state index in [1.807, 2.05) is 6.92 Å². The fraction of sp³-hybridized carbons (Fsp3) is 0.833. The number of hydrogen-bond acceptors (Lipinski definition) is 7. The summed E-state index contributed by atoms with van der Waals surface area (Å²) in [7, 11) is -3.55. The van der Waals surface area contributed by atoms with Crippen LogP contribution in [0.3, 0.4) is 0 Å². The van der Waals surface area contributed by atoms with Crippen LogP contribution in [0.15, 0.2) is 12.7 Å². The minimum absolute atomic E-state index is 0.00119. The van der Waals surface area contributed by atoms with Crippen LogP contribution < -0.4 is 10.6 Å². The number of amides is 3. The van der Waals surface area contributed by atoms with Gasteiger partial charge in [-0.2, -0.15) is 0 Å². The van der Waals surface area contributed by atoms with Crippen LogP contribution in [0.5, 0.6) is 0 Å². The van der Waals surface area contributed by atoms with E-state index in [1.54, 1.807) is 31.7 Å². The molecule has 4 aliphatic carbocycles. The maximum atomic E-state index is 15.0. The molecule has 1 saturated heterocycles. The number of hydrogen-bond donors (Lipinski definition) is 2. The Morgan fingerprint density at radius 2 is 1.58 bits per heavy atom. The number of unbranched alkanes of at least 4 members (excludes halogenated alkanes) is 1. The fourth-order valence-electron chi connectivity index (χ4n) is 10.3. The van der Waals surface area contributed by atoms with Gasteiger partial charge in [0.1, 0.15) is 6.04 Å². The Hall–Kier alpha value is -2.56. The monoisotopic (exact) mass is 757 g/mol. The first-order valence-corrected chi connectivity index (χ1v) is 22.5. The van der Waals surface area contributed by atoms with Crippen LogP contribution in [0.1, 0.15) is 156 Å². The summed E-state index contributed by atoms with van der Waals surface area (Å²) in [5, 5.41) is 6.20. The lowest BCUT2D eigenvalue weighted by molar-refractivity contribution is -0.143. The van der Waals surface area contributed by atoms with Gasteiger partial charge in [0.15, 0.2) is 21.4 Å². The molecule has 0 aromatic carbocycles. The predicted octanol–water partition coefficient (Wildman–Crippen LogP) is 7.04. The number of urea groups is 1. The Morgan fingerprint density at radius 1 is 0.925 bits per heavy atom. The van der Waals surface area contributed by atoms with Gasteiger partial charge in [-0.05, 0) is 108 Å². The molecule has 0 aromatic heterocycles. The van der Waals surface area contributed by atoms with Crippen molar-refractivity contribution in [2.24, 2.45) is 29.1 Å². The lowest BCUT2D eigenvalue weighted by Crippen LogP contribution is -2.62. The van der Waals surface area contributed by atoms with Crippen molar-refractivity contribution in [1.29, 1.82) is 0 Å². The highest BCUT2D eigenvalue weighted by Crippen LogP contribution is 2.66. The number of allylic oxidation sites excluding steroid dienone is 1. The van der Waals surface area contributed by atoms with E-state index in [-0.39, 0.29) is 53.5 Å². The molecule has 0 aromatic rings. The van der Waals surface area contributed by atoms with Gasteiger partial charge in [0.2, 0.25) is 11.7 Å². The van der Waals surface area contributed by atoms with E-state index >= 15 is 4.79 Å². The highest BCUT2D eigenvalue weighted by Gasteiger charge is 2.63. The maximum Gasteiger partial charge on any atom is 0.315 e. The van der Waals surface area contributed by atoms with E-state index in [1.165, 1.54) is 0 Å². The first-order valence-electron chi connectivity index (χ1n) is 20.9. The summed E-state index contributed by atoms with van der Waals surface area (Å²) in [6, 6.07) is -2.06. The Bertz CT molecular complexity index is 1480. The number of nitrogens with one attached hydrogen (secondary N) is 2. The van der Waals surface area contributed by atoms with Crippen LogP contribution in [0.25, 0.3) is 0 Å². The normalized spacial score (nSPS) is 26.3.